The summed E-state index contributed by atoms with van der Waals surface area (Å²) in [4.78, 5) is 26.3. The van der Waals surface area contributed by atoms with Gasteiger partial charge < -0.3 is 16.0 Å². The molecular weight excluding hydrogens is 242 g/mol. The van der Waals surface area contributed by atoms with Gasteiger partial charge in [-0.25, -0.2) is 0 Å². The van der Waals surface area contributed by atoms with E-state index in [2.05, 4.69) is 19.2 Å². The monoisotopic (exact) mass is 269 g/mol. The zero-order valence-electron chi connectivity index (χ0n) is 12.4. The minimum atomic E-state index is -0.491. The Bertz CT molecular complexity index is 325. The summed E-state index contributed by atoms with van der Waals surface area (Å²) in [6.45, 7) is 7.40. The minimum absolute atomic E-state index is 0.0565. The van der Waals surface area contributed by atoms with Gasteiger partial charge in [-0.05, 0) is 19.8 Å². The number of nitrogens with two attached hydrogens (primary N) is 1. The van der Waals surface area contributed by atoms with Gasteiger partial charge in [0.15, 0.2) is 0 Å². The number of rotatable bonds is 6. The number of carbonyl (C=O) groups is 2. The predicted octanol–water partition coefficient (Wildman–Crippen LogP) is 0.879. The van der Waals surface area contributed by atoms with Crippen molar-refractivity contribution in [2.75, 3.05) is 19.6 Å². The summed E-state index contributed by atoms with van der Waals surface area (Å²) in [6.07, 6.45) is 3.44. The summed E-state index contributed by atoms with van der Waals surface area (Å²) in [7, 11) is 0. The molecule has 0 aromatic heterocycles. The minimum Gasteiger partial charge on any atom is -0.353 e. The maximum absolute atomic E-state index is 12.9. The van der Waals surface area contributed by atoms with Gasteiger partial charge in [0.2, 0.25) is 11.8 Å². The van der Waals surface area contributed by atoms with Crippen LogP contribution in [0.5, 0.6) is 0 Å². The van der Waals surface area contributed by atoms with Crippen LogP contribution >= 0.6 is 0 Å². The van der Waals surface area contributed by atoms with Crippen molar-refractivity contribution < 1.29 is 9.59 Å². The second kappa shape index (κ2) is 6.89. The second-order valence-electron chi connectivity index (χ2n) is 5.45. The molecule has 0 spiro atoms. The van der Waals surface area contributed by atoms with Gasteiger partial charge in [0.05, 0.1) is 5.41 Å². The van der Waals surface area contributed by atoms with Crippen molar-refractivity contribution in [1.29, 1.82) is 0 Å². The van der Waals surface area contributed by atoms with Crippen LogP contribution in [-0.4, -0.2) is 42.4 Å². The number of amides is 2. The highest BCUT2D eigenvalue weighted by molar-refractivity contribution is 5.91. The highest BCUT2D eigenvalue weighted by atomic mass is 16.2. The van der Waals surface area contributed by atoms with Crippen molar-refractivity contribution in [3.05, 3.63) is 0 Å². The summed E-state index contributed by atoms with van der Waals surface area (Å²) in [5.41, 5.74) is 5.43. The zero-order valence-corrected chi connectivity index (χ0v) is 12.4. The summed E-state index contributed by atoms with van der Waals surface area (Å²) < 4.78 is 0. The molecule has 3 N–H and O–H groups in total. The predicted molar refractivity (Wildman–Crippen MR) is 75.5 cm³/mol. The Morgan fingerprint density at radius 1 is 1.42 bits per heavy atom. The Hall–Kier alpha value is -1.10. The fourth-order valence-corrected chi connectivity index (χ4v) is 2.95. The Balaban J connectivity index is 2.94. The van der Waals surface area contributed by atoms with Gasteiger partial charge in [-0.1, -0.05) is 26.7 Å². The van der Waals surface area contributed by atoms with Crippen molar-refractivity contribution in [1.82, 2.24) is 10.2 Å². The van der Waals surface area contributed by atoms with Crippen LogP contribution in [0.4, 0.5) is 0 Å². The topological polar surface area (TPSA) is 75.4 Å². The molecule has 1 heterocycles. The maximum atomic E-state index is 12.9. The first-order valence-corrected chi connectivity index (χ1v) is 7.31. The largest absolute Gasteiger partial charge is 0.353 e. The van der Waals surface area contributed by atoms with Gasteiger partial charge in [-0.15, -0.1) is 0 Å². The van der Waals surface area contributed by atoms with E-state index in [4.69, 9.17) is 5.73 Å². The number of nitrogens with one attached hydrogen (secondary N) is 1. The first kappa shape index (κ1) is 16.0. The average Bonchev–Trinajstić information content (AvgIpc) is 2.40. The lowest BCUT2D eigenvalue weighted by atomic mass is 9.77. The van der Waals surface area contributed by atoms with Crippen molar-refractivity contribution in [2.24, 2.45) is 11.1 Å². The van der Waals surface area contributed by atoms with Crippen LogP contribution in [0.2, 0.25) is 0 Å². The highest BCUT2D eigenvalue weighted by Crippen LogP contribution is 2.32. The summed E-state index contributed by atoms with van der Waals surface area (Å²) in [5, 5.41) is 2.79. The van der Waals surface area contributed by atoms with E-state index in [0.29, 0.717) is 19.6 Å². The molecule has 1 aliphatic rings. The SMILES string of the molecule is CCCC(CN)(CCC)C(=O)N1CCNC(=O)C1C. The molecular formula is C14H27N3O2. The van der Waals surface area contributed by atoms with Crippen LogP contribution in [0, 0.1) is 5.41 Å². The first-order chi connectivity index (χ1) is 9.02. The third-order valence-corrected chi connectivity index (χ3v) is 4.06. The number of piperazine rings is 1. The number of hydrogen-bond acceptors (Lipinski definition) is 3. The molecule has 0 bridgehead atoms. The lowest BCUT2D eigenvalue weighted by Crippen LogP contribution is -2.60. The first-order valence-electron chi connectivity index (χ1n) is 7.31. The van der Waals surface area contributed by atoms with E-state index in [-0.39, 0.29) is 17.9 Å². The van der Waals surface area contributed by atoms with E-state index in [0.717, 1.165) is 25.7 Å². The number of hydrogen-bond donors (Lipinski definition) is 2. The Labute approximate surface area is 115 Å². The van der Waals surface area contributed by atoms with Crippen LogP contribution in [-0.2, 0) is 9.59 Å². The van der Waals surface area contributed by atoms with E-state index in [1.54, 1.807) is 11.8 Å². The third kappa shape index (κ3) is 3.26. The normalized spacial score (nSPS) is 20.3. The zero-order chi connectivity index (χ0) is 14.5. The average molecular weight is 269 g/mol. The molecule has 1 unspecified atom stereocenters. The smallest absolute Gasteiger partial charge is 0.242 e. The fourth-order valence-electron chi connectivity index (χ4n) is 2.95. The molecule has 1 atom stereocenters. The van der Waals surface area contributed by atoms with Gasteiger partial charge in [0.1, 0.15) is 6.04 Å². The Morgan fingerprint density at radius 2 is 2.00 bits per heavy atom. The van der Waals surface area contributed by atoms with Crippen LogP contribution in [0.1, 0.15) is 46.5 Å². The molecule has 2 amide bonds. The van der Waals surface area contributed by atoms with Crippen LogP contribution in [0.25, 0.3) is 0 Å². The Kier molecular flexibility index (Phi) is 5.79. The lowest BCUT2D eigenvalue weighted by molar-refractivity contribution is -0.151. The summed E-state index contributed by atoms with van der Waals surface area (Å²) in [6, 6.07) is -0.388. The van der Waals surface area contributed by atoms with Crippen molar-refractivity contribution in [3.8, 4) is 0 Å². The van der Waals surface area contributed by atoms with Gasteiger partial charge in [0.25, 0.3) is 0 Å². The van der Waals surface area contributed by atoms with Crippen molar-refractivity contribution >= 4 is 11.8 Å². The van der Waals surface area contributed by atoms with Gasteiger partial charge >= 0.3 is 0 Å². The van der Waals surface area contributed by atoms with Gasteiger partial charge in [-0.2, -0.15) is 0 Å². The molecule has 0 aromatic carbocycles. The molecule has 1 aliphatic heterocycles. The molecule has 1 rings (SSSR count). The molecule has 1 saturated heterocycles. The van der Waals surface area contributed by atoms with E-state index in [9.17, 15) is 9.59 Å². The van der Waals surface area contributed by atoms with E-state index in [1.807, 2.05) is 0 Å². The van der Waals surface area contributed by atoms with Crippen LogP contribution < -0.4 is 11.1 Å². The molecule has 110 valence electrons. The third-order valence-electron chi connectivity index (χ3n) is 4.06. The molecule has 1 fully saturated rings. The molecule has 0 radical (unpaired) electrons. The quantitative estimate of drug-likeness (QED) is 0.751. The lowest BCUT2D eigenvalue weighted by Gasteiger charge is -2.41. The molecule has 0 aromatic rings. The number of carbonyl (C=O) groups excluding carboxylic acids is 2. The summed E-state index contributed by atoms with van der Waals surface area (Å²) >= 11 is 0. The standard InChI is InChI=1S/C14H27N3O2/c1-4-6-14(10-15,7-5-2)13(19)17-9-8-16-12(18)11(17)3/h11H,4-10,15H2,1-3H3,(H,16,18). The van der Waals surface area contributed by atoms with Crippen molar-refractivity contribution in [2.45, 2.75) is 52.5 Å². The van der Waals surface area contributed by atoms with Crippen molar-refractivity contribution in [3.63, 3.8) is 0 Å². The van der Waals surface area contributed by atoms with E-state index in [1.165, 1.54) is 0 Å². The van der Waals surface area contributed by atoms with Gasteiger partial charge in [0, 0.05) is 19.6 Å². The molecule has 0 aliphatic carbocycles. The van der Waals surface area contributed by atoms with Crippen LogP contribution in [0.3, 0.4) is 0 Å². The van der Waals surface area contributed by atoms with E-state index < -0.39 is 5.41 Å². The van der Waals surface area contributed by atoms with E-state index >= 15 is 0 Å². The molecule has 0 saturated carbocycles. The Morgan fingerprint density at radius 3 is 2.47 bits per heavy atom. The fraction of sp³-hybridized carbons (Fsp3) is 0.857. The van der Waals surface area contributed by atoms with Gasteiger partial charge in [-0.3, -0.25) is 9.59 Å². The second-order valence-corrected chi connectivity index (χ2v) is 5.45. The molecule has 5 nitrogen and oxygen atoms in total. The molecule has 19 heavy (non-hydrogen) atoms. The van der Waals surface area contributed by atoms with Crippen LogP contribution in [0.15, 0.2) is 0 Å². The maximum Gasteiger partial charge on any atom is 0.242 e. The molecule has 5 heteroatoms. The summed E-state index contributed by atoms with van der Waals surface area (Å²) in [5.74, 6) is -0.0143. The number of nitrogens with zero attached hydrogens (tertiary/aromatic N) is 1. The highest BCUT2D eigenvalue weighted by Gasteiger charge is 2.42.